The number of aliphatic hydroxyl groups is 1. The number of carbonyl (C=O) groups excluding carboxylic acids is 1. The number of methoxy groups -OCH3 is 1. The second-order valence-corrected chi connectivity index (χ2v) is 5.69. The second-order valence-electron chi connectivity index (χ2n) is 5.69. The monoisotopic (exact) mass is 293 g/mol. The molecule has 116 valence electrons. The van der Waals surface area contributed by atoms with E-state index < -0.39 is 12.1 Å². The Morgan fingerprint density at radius 3 is 2.86 bits per heavy atom. The fraction of sp³-hybridized carbons (Fsp3) is 0.533. The molecule has 0 aliphatic carbocycles. The van der Waals surface area contributed by atoms with Crippen LogP contribution >= 0.6 is 0 Å². The first kappa shape index (κ1) is 15.6. The van der Waals surface area contributed by atoms with E-state index in [-0.39, 0.29) is 6.04 Å². The first-order valence-electron chi connectivity index (χ1n) is 7.00. The number of aliphatic hydroxyl groups excluding tert-OH is 1. The molecule has 1 aliphatic rings. The average molecular weight is 293 g/mol. The molecule has 1 aromatic carbocycles. The summed E-state index contributed by atoms with van der Waals surface area (Å²) in [6.07, 6.45) is 0.243. The minimum atomic E-state index is -0.417. The third-order valence-electron chi connectivity index (χ3n) is 3.73. The van der Waals surface area contributed by atoms with Crippen molar-refractivity contribution in [3.05, 3.63) is 23.8 Å². The Balaban J connectivity index is 2.41. The Morgan fingerprint density at radius 2 is 2.24 bits per heavy atom. The third kappa shape index (κ3) is 3.28. The van der Waals surface area contributed by atoms with Gasteiger partial charge in [0.15, 0.2) is 0 Å². The number of esters is 1. The summed E-state index contributed by atoms with van der Waals surface area (Å²) in [6, 6.07) is 5.32. The van der Waals surface area contributed by atoms with Crippen molar-refractivity contribution in [2.45, 2.75) is 18.6 Å². The molecular weight excluding hydrogens is 270 g/mol. The molecule has 1 fully saturated rings. The van der Waals surface area contributed by atoms with Gasteiger partial charge in [0.05, 0.1) is 30.2 Å². The number of hydrogen-bond acceptors (Lipinski definition) is 6. The van der Waals surface area contributed by atoms with Gasteiger partial charge in [0.25, 0.3) is 0 Å². The molecule has 1 saturated heterocycles. The lowest BCUT2D eigenvalue weighted by molar-refractivity contribution is 0.0601. The minimum Gasteiger partial charge on any atom is -0.465 e. The molecule has 0 aromatic heterocycles. The average Bonchev–Trinajstić information content (AvgIpc) is 2.77. The van der Waals surface area contributed by atoms with Gasteiger partial charge in [-0.2, -0.15) is 0 Å². The van der Waals surface area contributed by atoms with Crippen LogP contribution in [0.25, 0.3) is 0 Å². The van der Waals surface area contributed by atoms with E-state index >= 15 is 0 Å². The number of carbonyl (C=O) groups is 1. The number of para-hydroxylation sites is 1. The van der Waals surface area contributed by atoms with Crippen LogP contribution in [0.2, 0.25) is 0 Å². The van der Waals surface area contributed by atoms with Gasteiger partial charge in [-0.1, -0.05) is 6.07 Å². The van der Waals surface area contributed by atoms with E-state index in [4.69, 9.17) is 10.5 Å². The highest BCUT2D eigenvalue weighted by Crippen LogP contribution is 2.34. The van der Waals surface area contributed by atoms with Crippen LogP contribution in [0.3, 0.4) is 0 Å². The van der Waals surface area contributed by atoms with Crippen LogP contribution in [0.15, 0.2) is 18.2 Å². The Labute approximate surface area is 125 Å². The summed E-state index contributed by atoms with van der Waals surface area (Å²) < 4.78 is 4.84. The molecule has 21 heavy (non-hydrogen) atoms. The summed E-state index contributed by atoms with van der Waals surface area (Å²) in [7, 11) is 5.32. The highest BCUT2D eigenvalue weighted by Gasteiger charge is 2.34. The van der Waals surface area contributed by atoms with Crippen molar-refractivity contribution < 1.29 is 14.6 Å². The van der Waals surface area contributed by atoms with Crippen LogP contribution in [0.4, 0.5) is 11.4 Å². The first-order chi connectivity index (χ1) is 9.93. The molecule has 6 heteroatoms. The summed E-state index contributed by atoms with van der Waals surface area (Å²) in [4.78, 5) is 16.1. The highest BCUT2D eigenvalue weighted by atomic mass is 16.5. The van der Waals surface area contributed by atoms with Crippen molar-refractivity contribution in [2.75, 3.05) is 44.9 Å². The van der Waals surface area contributed by atoms with Crippen LogP contribution in [-0.4, -0.2) is 62.4 Å². The normalized spacial score (nSPS) is 21.9. The number of anilines is 2. The van der Waals surface area contributed by atoms with Crippen LogP contribution in [0.5, 0.6) is 0 Å². The topological polar surface area (TPSA) is 79.0 Å². The van der Waals surface area contributed by atoms with Crippen LogP contribution in [-0.2, 0) is 4.74 Å². The summed E-state index contributed by atoms with van der Waals surface area (Å²) in [5.74, 6) is -0.415. The van der Waals surface area contributed by atoms with Crippen molar-refractivity contribution in [1.29, 1.82) is 0 Å². The number of ether oxygens (including phenoxy) is 1. The zero-order chi connectivity index (χ0) is 15.6. The SMILES string of the molecule is COC(=O)c1cccc(N)c1N1CC(O)CC1CN(C)C. The lowest BCUT2D eigenvalue weighted by Crippen LogP contribution is -2.38. The first-order valence-corrected chi connectivity index (χ1v) is 7.00. The molecule has 0 bridgehead atoms. The fourth-order valence-electron chi connectivity index (χ4n) is 2.92. The number of likely N-dealkylation sites (N-methyl/N-ethyl adjacent to an activating group) is 1. The smallest absolute Gasteiger partial charge is 0.340 e. The Morgan fingerprint density at radius 1 is 1.52 bits per heavy atom. The molecule has 1 aromatic rings. The quantitative estimate of drug-likeness (QED) is 0.624. The molecule has 2 atom stereocenters. The number of hydrogen-bond donors (Lipinski definition) is 2. The molecule has 2 rings (SSSR count). The van der Waals surface area contributed by atoms with Gasteiger partial charge in [-0.25, -0.2) is 4.79 Å². The maximum Gasteiger partial charge on any atom is 0.340 e. The second kappa shape index (κ2) is 6.32. The summed E-state index contributed by atoms with van der Waals surface area (Å²) in [5.41, 5.74) is 7.71. The predicted molar refractivity (Wildman–Crippen MR) is 82.5 cm³/mol. The van der Waals surface area contributed by atoms with E-state index in [0.29, 0.717) is 29.9 Å². The number of nitrogens with two attached hydrogens (primary N) is 1. The number of β-amino-alcohol motifs (C(OH)–C–C–N with tert-alkyl or cyclic N) is 1. The Bertz CT molecular complexity index is 519. The van der Waals surface area contributed by atoms with E-state index in [2.05, 4.69) is 4.90 Å². The lowest BCUT2D eigenvalue weighted by Gasteiger charge is -2.30. The third-order valence-corrected chi connectivity index (χ3v) is 3.73. The van der Waals surface area contributed by atoms with Gasteiger partial charge in [0.1, 0.15) is 0 Å². The molecule has 0 spiro atoms. The summed E-state index contributed by atoms with van der Waals surface area (Å²) in [6.45, 7) is 1.25. The van der Waals surface area contributed by atoms with Crippen LogP contribution in [0.1, 0.15) is 16.8 Å². The van der Waals surface area contributed by atoms with Gasteiger partial charge in [-0.15, -0.1) is 0 Å². The predicted octanol–water partition coefficient (Wildman–Crippen LogP) is 0.557. The van der Waals surface area contributed by atoms with Crippen LogP contribution in [0, 0.1) is 0 Å². The molecular formula is C15H23N3O3. The maximum absolute atomic E-state index is 12.0. The summed E-state index contributed by atoms with van der Waals surface area (Å²) >= 11 is 0. The molecule has 3 N–H and O–H groups in total. The molecule has 0 amide bonds. The fourth-order valence-corrected chi connectivity index (χ4v) is 2.92. The van der Waals surface area contributed by atoms with Gasteiger partial charge < -0.3 is 25.4 Å². The molecule has 2 unspecified atom stereocenters. The lowest BCUT2D eigenvalue weighted by atomic mass is 10.1. The van der Waals surface area contributed by atoms with Crippen LogP contribution < -0.4 is 10.6 Å². The van der Waals surface area contributed by atoms with E-state index in [9.17, 15) is 9.90 Å². The molecule has 6 nitrogen and oxygen atoms in total. The summed E-state index contributed by atoms with van der Waals surface area (Å²) in [5, 5.41) is 10.0. The maximum atomic E-state index is 12.0. The van der Waals surface area contributed by atoms with Crippen molar-refractivity contribution >= 4 is 17.3 Å². The van der Waals surface area contributed by atoms with E-state index in [0.717, 1.165) is 6.54 Å². The Kier molecular flexibility index (Phi) is 4.69. The van der Waals surface area contributed by atoms with Gasteiger partial charge in [-0.3, -0.25) is 0 Å². The highest BCUT2D eigenvalue weighted by molar-refractivity contribution is 5.99. The van der Waals surface area contributed by atoms with Crippen molar-refractivity contribution in [1.82, 2.24) is 4.90 Å². The molecule has 1 heterocycles. The van der Waals surface area contributed by atoms with Crippen molar-refractivity contribution in [2.24, 2.45) is 0 Å². The molecule has 0 saturated carbocycles. The van der Waals surface area contributed by atoms with Crippen molar-refractivity contribution in [3.8, 4) is 0 Å². The zero-order valence-corrected chi connectivity index (χ0v) is 12.7. The number of rotatable bonds is 4. The number of nitrogens with zero attached hydrogens (tertiary/aromatic N) is 2. The van der Waals surface area contributed by atoms with E-state index in [1.54, 1.807) is 18.2 Å². The Hall–Kier alpha value is -1.79. The van der Waals surface area contributed by atoms with Crippen molar-refractivity contribution in [3.63, 3.8) is 0 Å². The van der Waals surface area contributed by atoms with E-state index in [1.165, 1.54) is 7.11 Å². The zero-order valence-electron chi connectivity index (χ0n) is 12.7. The van der Waals surface area contributed by atoms with Gasteiger partial charge >= 0.3 is 5.97 Å². The van der Waals surface area contributed by atoms with Gasteiger partial charge in [-0.05, 0) is 32.6 Å². The number of nitrogen functional groups attached to an aromatic ring is 1. The van der Waals surface area contributed by atoms with Gasteiger partial charge in [0.2, 0.25) is 0 Å². The standard InChI is InChI=1S/C15H23N3O3/c1-17(2)8-10-7-11(19)9-18(10)14-12(15(20)21-3)5-4-6-13(14)16/h4-6,10-11,19H,7-9,16H2,1-3H3. The largest absolute Gasteiger partial charge is 0.465 e. The minimum absolute atomic E-state index is 0.114. The molecule has 1 aliphatic heterocycles. The molecule has 0 radical (unpaired) electrons. The van der Waals surface area contributed by atoms with E-state index in [1.807, 2.05) is 19.0 Å². The van der Waals surface area contributed by atoms with Gasteiger partial charge in [0, 0.05) is 19.1 Å². The number of benzene rings is 1.